The smallest absolute Gasteiger partial charge is 0.259 e. The van der Waals surface area contributed by atoms with Crippen LogP contribution in [0.25, 0.3) is 5.65 Å². The van der Waals surface area contributed by atoms with Crippen LogP contribution in [0.5, 0.6) is 0 Å². The van der Waals surface area contributed by atoms with Crippen molar-refractivity contribution in [2.24, 2.45) is 0 Å². The van der Waals surface area contributed by atoms with Gasteiger partial charge in [0.2, 0.25) is 0 Å². The van der Waals surface area contributed by atoms with Crippen molar-refractivity contribution in [1.82, 2.24) is 19.5 Å². The summed E-state index contributed by atoms with van der Waals surface area (Å²) in [6, 6.07) is 12.7. The highest BCUT2D eigenvalue weighted by atomic mass is 16.2. The summed E-state index contributed by atoms with van der Waals surface area (Å²) in [4.78, 5) is 19.6. The van der Waals surface area contributed by atoms with Gasteiger partial charge in [0.1, 0.15) is 5.56 Å². The number of aryl methyl sites for hydroxylation is 2. The van der Waals surface area contributed by atoms with Gasteiger partial charge in [-0.1, -0.05) is 30.3 Å². The summed E-state index contributed by atoms with van der Waals surface area (Å²) in [5, 5.41) is 4.28. The first-order valence-electron chi connectivity index (χ1n) is 8.88. The number of carbonyl (C=O) groups excluding carboxylic acids is 1. The molecule has 3 aromatic rings. The van der Waals surface area contributed by atoms with Crippen molar-refractivity contribution in [3.8, 4) is 0 Å². The molecule has 1 aromatic carbocycles. The van der Waals surface area contributed by atoms with E-state index >= 15 is 0 Å². The number of benzene rings is 1. The summed E-state index contributed by atoms with van der Waals surface area (Å²) in [5.41, 5.74) is 3.48. The molecule has 0 spiro atoms. The first-order valence-corrected chi connectivity index (χ1v) is 8.88. The Bertz CT molecular complexity index is 887. The standard InChI is InChI=1S/C20H22N4O/c1-15-11-13-24-19(22-15)18(14-21-24)20(25)23-12-5-8-17(23)10-9-16-6-3-2-4-7-16/h2-4,6-7,11,13-14,17H,5,8-10,12H2,1H3. The fourth-order valence-corrected chi connectivity index (χ4v) is 3.65. The molecule has 25 heavy (non-hydrogen) atoms. The van der Waals surface area contributed by atoms with Crippen molar-refractivity contribution in [1.29, 1.82) is 0 Å². The van der Waals surface area contributed by atoms with Gasteiger partial charge in [0.25, 0.3) is 5.91 Å². The van der Waals surface area contributed by atoms with Crippen molar-refractivity contribution in [2.45, 2.75) is 38.6 Å². The van der Waals surface area contributed by atoms with Crippen LogP contribution in [0.15, 0.2) is 48.8 Å². The van der Waals surface area contributed by atoms with Gasteiger partial charge in [-0.15, -0.1) is 0 Å². The summed E-state index contributed by atoms with van der Waals surface area (Å²) in [7, 11) is 0. The lowest BCUT2D eigenvalue weighted by atomic mass is 10.0. The average Bonchev–Trinajstić information content (AvgIpc) is 3.27. The Hall–Kier alpha value is -2.69. The second kappa shape index (κ2) is 6.67. The predicted molar refractivity (Wildman–Crippen MR) is 96.5 cm³/mol. The van der Waals surface area contributed by atoms with Gasteiger partial charge in [-0.2, -0.15) is 5.10 Å². The minimum atomic E-state index is 0.0589. The molecule has 5 nitrogen and oxygen atoms in total. The molecule has 3 heterocycles. The van der Waals surface area contributed by atoms with E-state index in [1.807, 2.05) is 30.2 Å². The molecule has 1 atom stereocenters. The molecule has 0 N–H and O–H groups in total. The third-order valence-corrected chi connectivity index (χ3v) is 4.99. The van der Waals surface area contributed by atoms with Crippen LogP contribution >= 0.6 is 0 Å². The molecule has 5 heteroatoms. The average molecular weight is 334 g/mol. The fourth-order valence-electron chi connectivity index (χ4n) is 3.65. The summed E-state index contributed by atoms with van der Waals surface area (Å²) in [6.45, 7) is 2.75. The fraction of sp³-hybridized carbons (Fsp3) is 0.350. The molecule has 0 bridgehead atoms. The predicted octanol–water partition coefficient (Wildman–Crippen LogP) is 3.28. The Kier molecular flexibility index (Phi) is 4.22. The van der Waals surface area contributed by atoms with Gasteiger partial charge >= 0.3 is 0 Å². The molecule has 2 aromatic heterocycles. The van der Waals surface area contributed by atoms with Gasteiger partial charge in [0.05, 0.1) is 6.20 Å². The van der Waals surface area contributed by atoms with Crippen LogP contribution in [0.3, 0.4) is 0 Å². The zero-order valence-electron chi connectivity index (χ0n) is 14.4. The number of amides is 1. The minimum absolute atomic E-state index is 0.0589. The lowest BCUT2D eigenvalue weighted by Gasteiger charge is -2.24. The maximum Gasteiger partial charge on any atom is 0.259 e. The van der Waals surface area contributed by atoms with Crippen molar-refractivity contribution in [3.63, 3.8) is 0 Å². The summed E-state index contributed by atoms with van der Waals surface area (Å²) in [6.07, 6.45) is 7.64. The van der Waals surface area contributed by atoms with E-state index in [0.717, 1.165) is 37.9 Å². The highest BCUT2D eigenvalue weighted by molar-refractivity contribution is 5.99. The molecule has 1 unspecified atom stereocenters. The number of carbonyl (C=O) groups is 1. The third-order valence-electron chi connectivity index (χ3n) is 4.99. The number of rotatable bonds is 4. The third kappa shape index (κ3) is 3.14. The second-order valence-electron chi connectivity index (χ2n) is 6.71. The summed E-state index contributed by atoms with van der Waals surface area (Å²) in [5.74, 6) is 0.0589. The van der Waals surface area contributed by atoms with Crippen LogP contribution < -0.4 is 0 Å². The zero-order valence-corrected chi connectivity index (χ0v) is 14.4. The van der Waals surface area contributed by atoms with E-state index in [0.29, 0.717) is 17.3 Å². The number of likely N-dealkylation sites (tertiary alicyclic amines) is 1. The first kappa shape index (κ1) is 15.8. The van der Waals surface area contributed by atoms with Crippen molar-refractivity contribution in [2.75, 3.05) is 6.54 Å². The van der Waals surface area contributed by atoms with E-state index in [9.17, 15) is 4.79 Å². The van der Waals surface area contributed by atoms with Crippen LogP contribution in [-0.2, 0) is 6.42 Å². The number of fused-ring (bicyclic) bond motifs is 1. The molecule has 4 rings (SSSR count). The van der Waals surface area contributed by atoms with Crippen LogP contribution in [-0.4, -0.2) is 38.0 Å². The Morgan fingerprint density at radius 3 is 2.92 bits per heavy atom. The molecule has 1 aliphatic heterocycles. The second-order valence-corrected chi connectivity index (χ2v) is 6.71. The molecule has 0 radical (unpaired) electrons. The van der Waals surface area contributed by atoms with Gasteiger partial charge in [0.15, 0.2) is 5.65 Å². The zero-order chi connectivity index (χ0) is 17.2. The van der Waals surface area contributed by atoms with Crippen molar-refractivity contribution in [3.05, 3.63) is 65.6 Å². The van der Waals surface area contributed by atoms with E-state index < -0.39 is 0 Å². The Balaban J connectivity index is 1.53. The molecular formula is C20H22N4O. The first-order chi connectivity index (χ1) is 12.2. The van der Waals surface area contributed by atoms with E-state index in [2.05, 4.69) is 34.3 Å². The van der Waals surface area contributed by atoms with Crippen molar-refractivity contribution < 1.29 is 4.79 Å². The Labute approximate surface area is 147 Å². The molecule has 0 saturated carbocycles. The normalized spacial score (nSPS) is 17.3. The highest BCUT2D eigenvalue weighted by Gasteiger charge is 2.30. The number of nitrogens with zero attached hydrogens (tertiary/aromatic N) is 4. The number of aromatic nitrogens is 3. The van der Waals surface area contributed by atoms with E-state index in [4.69, 9.17) is 0 Å². The van der Waals surface area contributed by atoms with E-state index in [1.54, 1.807) is 10.7 Å². The Morgan fingerprint density at radius 1 is 1.24 bits per heavy atom. The quantitative estimate of drug-likeness (QED) is 0.736. The molecular weight excluding hydrogens is 312 g/mol. The molecule has 1 aliphatic rings. The maximum atomic E-state index is 13.1. The lowest BCUT2D eigenvalue weighted by Crippen LogP contribution is -2.35. The van der Waals surface area contributed by atoms with Gasteiger partial charge in [-0.3, -0.25) is 4.79 Å². The maximum absolute atomic E-state index is 13.1. The van der Waals surface area contributed by atoms with Gasteiger partial charge in [-0.25, -0.2) is 9.50 Å². The molecule has 1 amide bonds. The van der Waals surface area contributed by atoms with E-state index in [-0.39, 0.29) is 5.91 Å². The van der Waals surface area contributed by atoms with Gasteiger partial charge in [-0.05, 0) is 44.2 Å². The number of hydrogen-bond acceptors (Lipinski definition) is 3. The lowest BCUT2D eigenvalue weighted by molar-refractivity contribution is 0.0732. The molecule has 128 valence electrons. The Morgan fingerprint density at radius 2 is 2.08 bits per heavy atom. The van der Waals surface area contributed by atoms with Crippen molar-refractivity contribution >= 4 is 11.6 Å². The monoisotopic (exact) mass is 334 g/mol. The van der Waals surface area contributed by atoms with Crippen LogP contribution in [0, 0.1) is 6.92 Å². The molecule has 1 fully saturated rings. The SMILES string of the molecule is Cc1ccn2ncc(C(=O)N3CCCC3CCc3ccccc3)c2n1. The molecule has 0 aliphatic carbocycles. The highest BCUT2D eigenvalue weighted by Crippen LogP contribution is 2.25. The summed E-state index contributed by atoms with van der Waals surface area (Å²) >= 11 is 0. The largest absolute Gasteiger partial charge is 0.335 e. The van der Waals surface area contributed by atoms with Gasteiger partial charge in [0, 0.05) is 24.5 Å². The van der Waals surface area contributed by atoms with Gasteiger partial charge < -0.3 is 4.90 Å². The van der Waals surface area contributed by atoms with Crippen LogP contribution in [0.2, 0.25) is 0 Å². The molecule has 1 saturated heterocycles. The number of hydrogen-bond donors (Lipinski definition) is 0. The minimum Gasteiger partial charge on any atom is -0.335 e. The van der Waals surface area contributed by atoms with Crippen LogP contribution in [0.1, 0.15) is 40.9 Å². The van der Waals surface area contributed by atoms with E-state index in [1.165, 1.54) is 5.56 Å². The van der Waals surface area contributed by atoms with Crippen LogP contribution in [0.4, 0.5) is 0 Å². The topological polar surface area (TPSA) is 50.5 Å². The summed E-state index contributed by atoms with van der Waals surface area (Å²) < 4.78 is 1.68.